The van der Waals surface area contributed by atoms with Gasteiger partial charge in [0.15, 0.2) is 4.80 Å². The summed E-state index contributed by atoms with van der Waals surface area (Å²) >= 11 is 1.38. The summed E-state index contributed by atoms with van der Waals surface area (Å²) in [5.41, 5.74) is 3.55. The Kier molecular flexibility index (Phi) is 5.55. The molecule has 0 spiro atoms. The van der Waals surface area contributed by atoms with E-state index in [0.29, 0.717) is 23.6 Å². The molecule has 2 heterocycles. The third-order valence-corrected chi connectivity index (χ3v) is 5.36. The highest BCUT2D eigenvalue weighted by Crippen LogP contribution is 2.22. The first kappa shape index (κ1) is 19.0. The number of aromatic nitrogens is 3. The zero-order chi connectivity index (χ0) is 19.6. The fourth-order valence-corrected chi connectivity index (χ4v) is 3.91. The van der Waals surface area contributed by atoms with E-state index in [2.05, 4.69) is 16.2 Å². The summed E-state index contributed by atoms with van der Waals surface area (Å²) in [4.78, 5) is 29.5. The molecule has 3 rings (SSSR count). The molecule has 0 atom stereocenters. The number of hydrogen-bond donors (Lipinski definition) is 0. The number of carbonyl (C=O) groups is 2. The van der Waals surface area contributed by atoms with Crippen LogP contribution in [0, 0.1) is 13.8 Å². The Morgan fingerprint density at radius 3 is 2.67 bits per heavy atom. The van der Waals surface area contributed by atoms with E-state index in [9.17, 15) is 9.59 Å². The Labute approximate surface area is 160 Å². The van der Waals surface area contributed by atoms with Crippen molar-refractivity contribution in [1.82, 2.24) is 14.3 Å². The standard InChI is InChI=1S/C19H22N4O3S/c1-5-23-14(7-8-20-23)18(25)21-19-22(11-17(24)26-6-2)15-9-12(3)13(4)10-16(15)27-19/h7-10H,5-6,11H2,1-4H3. The number of esters is 1. The van der Waals surface area contributed by atoms with Crippen LogP contribution in [0.4, 0.5) is 0 Å². The van der Waals surface area contributed by atoms with Gasteiger partial charge in [0.05, 0.1) is 16.8 Å². The Balaban J connectivity index is 2.15. The minimum Gasteiger partial charge on any atom is -0.465 e. The van der Waals surface area contributed by atoms with Crippen molar-refractivity contribution >= 4 is 33.4 Å². The fraction of sp³-hybridized carbons (Fsp3) is 0.368. The molecule has 0 aliphatic rings. The normalized spacial score (nSPS) is 11.9. The average molecular weight is 386 g/mol. The van der Waals surface area contributed by atoms with Gasteiger partial charge in [0.25, 0.3) is 5.91 Å². The molecule has 142 valence electrons. The number of fused-ring (bicyclic) bond motifs is 1. The number of rotatable bonds is 5. The molecule has 0 bridgehead atoms. The maximum absolute atomic E-state index is 12.7. The van der Waals surface area contributed by atoms with Crippen LogP contribution >= 0.6 is 11.3 Å². The Morgan fingerprint density at radius 1 is 1.22 bits per heavy atom. The van der Waals surface area contributed by atoms with E-state index >= 15 is 0 Å². The highest BCUT2D eigenvalue weighted by molar-refractivity contribution is 7.16. The van der Waals surface area contributed by atoms with Gasteiger partial charge in [-0.15, -0.1) is 0 Å². The second-order valence-corrected chi connectivity index (χ2v) is 7.14. The number of carbonyl (C=O) groups excluding carboxylic acids is 2. The zero-order valence-electron chi connectivity index (χ0n) is 15.9. The number of amides is 1. The molecule has 1 amide bonds. The van der Waals surface area contributed by atoms with Crippen molar-refractivity contribution in [1.29, 1.82) is 0 Å². The first-order valence-corrected chi connectivity index (χ1v) is 9.63. The van der Waals surface area contributed by atoms with E-state index in [1.807, 2.05) is 26.8 Å². The number of nitrogens with zero attached hydrogens (tertiary/aromatic N) is 4. The second kappa shape index (κ2) is 7.87. The first-order valence-electron chi connectivity index (χ1n) is 8.81. The van der Waals surface area contributed by atoms with Crippen LogP contribution in [0.5, 0.6) is 0 Å². The van der Waals surface area contributed by atoms with Crippen LogP contribution in [-0.4, -0.2) is 32.8 Å². The van der Waals surface area contributed by atoms with E-state index in [4.69, 9.17) is 4.74 Å². The molecule has 1 aromatic carbocycles. The smallest absolute Gasteiger partial charge is 0.326 e. The van der Waals surface area contributed by atoms with Crippen LogP contribution in [0.1, 0.15) is 35.5 Å². The summed E-state index contributed by atoms with van der Waals surface area (Å²) in [5, 5.41) is 4.12. The van der Waals surface area contributed by atoms with Gasteiger partial charge >= 0.3 is 5.97 Å². The van der Waals surface area contributed by atoms with E-state index in [-0.39, 0.29) is 18.4 Å². The Bertz CT molecular complexity index is 1070. The summed E-state index contributed by atoms with van der Waals surface area (Å²) in [6.07, 6.45) is 1.58. The molecule has 0 fully saturated rings. The summed E-state index contributed by atoms with van der Waals surface area (Å²) in [5.74, 6) is -0.741. The third kappa shape index (κ3) is 3.85. The maximum atomic E-state index is 12.7. The SMILES string of the molecule is CCOC(=O)Cn1c(=NC(=O)c2ccnn2CC)sc2cc(C)c(C)cc21. The van der Waals surface area contributed by atoms with Crippen LogP contribution < -0.4 is 4.80 Å². The average Bonchev–Trinajstić information content (AvgIpc) is 3.22. The lowest BCUT2D eigenvalue weighted by molar-refractivity contribution is -0.143. The molecule has 0 saturated heterocycles. The van der Waals surface area contributed by atoms with Crippen LogP contribution in [0.2, 0.25) is 0 Å². The van der Waals surface area contributed by atoms with Crippen LogP contribution in [0.3, 0.4) is 0 Å². The molecule has 0 radical (unpaired) electrons. The van der Waals surface area contributed by atoms with E-state index in [1.54, 1.807) is 28.4 Å². The molecule has 7 nitrogen and oxygen atoms in total. The molecule has 2 aromatic heterocycles. The van der Waals surface area contributed by atoms with Crippen molar-refractivity contribution in [3.05, 3.63) is 46.0 Å². The highest BCUT2D eigenvalue weighted by atomic mass is 32.1. The van der Waals surface area contributed by atoms with E-state index < -0.39 is 0 Å². The van der Waals surface area contributed by atoms with Gasteiger partial charge in [0.2, 0.25) is 0 Å². The number of hydrogen-bond acceptors (Lipinski definition) is 5. The lowest BCUT2D eigenvalue weighted by Crippen LogP contribution is -2.23. The molecule has 0 N–H and O–H groups in total. The molecule has 0 aliphatic carbocycles. The Hall–Kier alpha value is -2.74. The predicted octanol–water partition coefficient (Wildman–Crippen LogP) is 2.84. The van der Waals surface area contributed by atoms with Crippen LogP contribution in [0.25, 0.3) is 10.2 Å². The fourth-order valence-electron chi connectivity index (χ4n) is 2.81. The molecule has 3 aromatic rings. The van der Waals surface area contributed by atoms with E-state index in [1.165, 1.54) is 11.3 Å². The summed E-state index contributed by atoms with van der Waals surface area (Å²) < 4.78 is 9.41. The van der Waals surface area contributed by atoms with Crippen molar-refractivity contribution in [2.75, 3.05) is 6.61 Å². The minimum absolute atomic E-state index is 0.00942. The van der Waals surface area contributed by atoms with Crippen molar-refractivity contribution in [3.63, 3.8) is 0 Å². The summed E-state index contributed by atoms with van der Waals surface area (Å²) in [7, 11) is 0. The highest BCUT2D eigenvalue weighted by Gasteiger charge is 2.15. The van der Waals surface area contributed by atoms with Crippen molar-refractivity contribution < 1.29 is 14.3 Å². The van der Waals surface area contributed by atoms with Crippen molar-refractivity contribution in [2.45, 2.75) is 40.8 Å². The molecule has 27 heavy (non-hydrogen) atoms. The number of aryl methyl sites for hydroxylation is 3. The van der Waals surface area contributed by atoms with Crippen LogP contribution in [-0.2, 0) is 22.6 Å². The second-order valence-electron chi connectivity index (χ2n) is 6.13. The van der Waals surface area contributed by atoms with Gasteiger partial charge < -0.3 is 9.30 Å². The van der Waals surface area contributed by atoms with E-state index in [0.717, 1.165) is 21.3 Å². The quantitative estimate of drug-likeness (QED) is 0.632. The van der Waals surface area contributed by atoms with Gasteiger partial charge in [-0.2, -0.15) is 10.1 Å². The van der Waals surface area contributed by atoms with Gasteiger partial charge in [-0.3, -0.25) is 14.3 Å². The van der Waals surface area contributed by atoms with Crippen molar-refractivity contribution in [3.8, 4) is 0 Å². The lowest BCUT2D eigenvalue weighted by Gasteiger charge is -2.06. The largest absolute Gasteiger partial charge is 0.465 e. The van der Waals surface area contributed by atoms with Gasteiger partial charge in [-0.25, -0.2) is 0 Å². The van der Waals surface area contributed by atoms with Gasteiger partial charge in [0.1, 0.15) is 12.2 Å². The number of ether oxygens (including phenoxy) is 1. The molecular weight excluding hydrogens is 364 g/mol. The molecular formula is C19H22N4O3S. The summed E-state index contributed by atoms with van der Waals surface area (Å²) in [6, 6.07) is 5.71. The van der Waals surface area contributed by atoms with Gasteiger partial charge in [-0.1, -0.05) is 11.3 Å². The van der Waals surface area contributed by atoms with Gasteiger partial charge in [-0.05, 0) is 57.0 Å². The van der Waals surface area contributed by atoms with Gasteiger partial charge in [0, 0.05) is 12.7 Å². The third-order valence-electron chi connectivity index (χ3n) is 4.32. The molecule has 8 heteroatoms. The minimum atomic E-state index is -0.382. The molecule has 0 unspecified atom stereocenters. The lowest BCUT2D eigenvalue weighted by atomic mass is 10.1. The zero-order valence-corrected chi connectivity index (χ0v) is 16.7. The number of benzene rings is 1. The monoisotopic (exact) mass is 386 g/mol. The molecule has 0 saturated carbocycles. The number of thiazole rings is 1. The predicted molar refractivity (Wildman–Crippen MR) is 104 cm³/mol. The van der Waals surface area contributed by atoms with Crippen molar-refractivity contribution in [2.24, 2.45) is 4.99 Å². The topological polar surface area (TPSA) is 78.5 Å². The summed E-state index contributed by atoms with van der Waals surface area (Å²) in [6.45, 7) is 8.63. The maximum Gasteiger partial charge on any atom is 0.326 e. The first-order chi connectivity index (χ1) is 12.9. The molecule has 0 aliphatic heterocycles. The van der Waals surface area contributed by atoms with Crippen LogP contribution in [0.15, 0.2) is 29.4 Å². The Morgan fingerprint density at radius 2 is 1.96 bits per heavy atom.